The molecule has 2 amide bonds. The van der Waals surface area contributed by atoms with E-state index in [4.69, 9.17) is 0 Å². The first kappa shape index (κ1) is 31.1. The Bertz CT molecular complexity index is 1990. The van der Waals surface area contributed by atoms with E-state index < -0.39 is 33.4 Å². The van der Waals surface area contributed by atoms with Crippen LogP contribution in [-0.4, -0.2) is 64.6 Å². The molecule has 0 bridgehead atoms. The lowest BCUT2D eigenvalue weighted by atomic mass is 9.80. The number of carbonyl (C=O) groups is 2. The van der Waals surface area contributed by atoms with Crippen LogP contribution in [0, 0.1) is 17.6 Å². The predicted molar refractivity (Wildman–Crippen MR) is 173 cm³/mol. The molecule has 1 aromatic heterocycles. The quantitative estimate of drug-likeness (QED) is 0.162. The first-order chi connectivity index (χ1) is 22.6. The molecule has 0 radical (unpaired) electrons. The molecule has 0 spiro atoms. The van der Waals surface area contributed by atoms with Crippen LogP contribution in [0.1, 0.15) is 63.2 Å². The molecule has 0 saturated heterocycles. The highest BCUT2D eigenvalue weighted by atomic mass is 32.2. The highest BCUT2D eigenvalue weighted by molar-refractivity contribution is 7.89. The number of fused-ring (bicyclic) bond motifs is 2. The number of benzene rings is 3. The highest BCUT2D eigenvalue weighted by Gasteiger charge is 2.40. The highest BCUT2D eigenvalue weighted by Crippen LogP contribution is 2.47. The lowest BCUT2D eigenvalue weighted by Gasteiger charge is -2.31. The van der Waals surface area contributed by atoms with Gasteiger partial charge in [-0.2, -0.15) is 5.10 Å². The number of allylic oxidation sites excluding steroid dienone is 1. The zero-order valence-corrected chi connectivity index (χ0v) is 26.7. The normalized spacial score (nSPS) is 19.0. The molecule has 2 atom stereocenters. The number of rotatable bonds is 10. The topological polar surface area (TPSA) is 92.6 Å². The Balaban J connectivity index is 1.13. The maximum atomic E-state index is 14.6. The van der Waals surface area contributed by atoms with Crippen molar-refractivity contribution in [3.8, 4) is 5.69 Å². The van der Waals surface area contributed by atoms with Crippen LogP contribution in [0.4, 0.5) is 8.78 Å². The minimum absolute atomic E-state index is 0.00455. The molecule has 0 fully saturated rings. The average molecular weight is 657 g/mol. The molecular formula is C36H34F2N4O4S. The fourth-order valence-electron chi connectivity index (χ4n) is 7.39. The van der Waals surface area contributed by atoms with Gasteiger partial charge in [-0.15, -0.1) is 0 Å². The maximum absolute atomic E-state index is 14.6. The van der Waals surface area contributed by atoms with E-state index in [2.05, 4.69) is 12.0 Å². The summed E-state index contributed by atoms with van der Waals surface area (Å²) < 4.78 is 59.5. The average Bonchev–Trinajstić information content (AvgIpc) is 3.74. The molecule has 2 heterocycles. The monoisotopic (exact) mass is 656 g/mol. The van der Waals surface area contributed by atoms with Crippen molar-refractivity contribution in [2.45, 2.75) is 38.5 Å². The van der Waals surface area contributed by atoms with Crippen LogP contribution in [0.3, 0.4) is 0 Å². The summed E-state index contributed by atoms with van der Waals surface area (Å²) in [5.74, 6) is -2.20. The Kier molecular flexibility index (Phi) is 8.13. The summed E-state index contributed by atoms with van der Waals surface area (Å²) in [7, 11) is -3.97. The molecule has 8 nitrogen and oxygen atoms in total. The summed E-state index contributed by atoms with van der Waals surface area (Å²) >= 11 is 0. The van der Waals surface area contributed by atoms with Crippen molar-refractivity contribution in [1.82, 2.24) is 19.0 Å². The third-order valence-corrected chi connectivity index (χ3v) is 11.6. The van der Waals surface area contributed by atoms with Crippen molar-refractivity contribution in [2.75, 3.05) is 25.4 Å². The number of imide groups is 1. The third kappa shape index (κ3) is 5.72. The van der Waals surface area contributed by atoms with Crippen molar-refractivity contribution < 1.29 is 26.8 Å². The van der Waals surface area contributed by atoms with Crippen molar-refractivity contribution in [3.63, 3.8) is 0 Å². The molecule has 0 unspecified atom stereocenters. The SMILES string of the molecule is C[C@@H]1C2=C(CC[C@@H]2CN(CCc2ccccc2F)S(=O)(=O)CCN2C(=O)c3ccccc3C2=O)Cc2c1cnn2-c1ccc(F)cc1. The number of carbonyl (C=O) groups excluding carboxylic acids is 2. The second-order valence-corrected chi connectivity index (χ2v) is 14.5. The summed E-state index contributed by atoms with van der Waals surface area (Å²) in [6.45, 7) is 2.12. The largest absolute Gasteiger partial charge is 0.273 e. The Morgan fingerprint density at radius 3 is 2.32 bits per heavy atom. The smallest absolute Gasteiger partial charge is 0.261 e. The Hall–Kier alpha value is -4.48. The molecule has 4 aromatic rings. The lowest BCUT2D eigenvalue weighted by molar-refractivity contribution is 0.0663. The number of amides is 2. The van der Waals surface area contributed by atoms with Gasteiger partial charge in [0.2, 0.25) is 10.0 Å². The summed E-state index contributed by atoms with van der Waals surface area (Å²) in [4.78, 5) is 26.9. The number of aromatic nitrogens is 2. The Morgan fingerprint density at radius 2 is 1.62 bits per heavy atom. The fraction of sp³-hybridized carbons (Fsp3) is 0.306. The number of hydrogen-bond acceptors (Lipinski definition) is 5. The van der Waals surface area contributed by atoms with E-state index in [9.17, 15) is 26.8 Å². The van der Waals surface area contributed by atoms with Gasteiger partial charge < -0.3 is 0 Å². The first-order valence-electron chi connectivity index (χ1n) is 15.8. The van der Waals surface area contributed by atoms with E-state index in [1.165, 1.54) is 33.7 Å². The van der Waals surface area contributed by atoms with Gasteiger partial charge in [-0.25, -0.2) is 26.2 Å². The summed E-state index contributed by atoms with van der Waals surface area (Å²) in [6.07, 6.45) is 4.28. The predicted octanol–water partition coefficient (Wildman–Crippen LogP) is 5.69. The Morgan fingerprint density at radius 1 is 0.936 bits per heavy atom. The zero-order valence-electron chi connectivity index (χ0n) is 25.9. The van der Waals surface area contributed by atoms with Gasteiger partial charge in [-0.05, 0) is 73.2 Å². The second-order valence-electron chi connectivity index (χ2n) is 12.5. The molecule has 242 valence electrons. The number of nitrogens with zero attached hydrogens (tertiary/aromatic N) is 4. The van der Waals surface area contributed by atoms with Gasteiger partial charge in [0.15, 0.2) is 0 Å². The summed E-state index contributed by atoms with van der Waals surface area (Å²) in [6, 6.07) is 19.0. The van der Waals surface area contributed by atoms with Gasteiger partial charge in [0.25, 0.3) is 11.8 Å². The van der Waals surface area contributed by atoms with Gasteiger partial charge in [0, 0.05) is 37.5 Å². The molecule has 0 saturated carbocycles. The minimum atomic E-state index is -3.97. The number of sulfonamides is 1. The second kappa shape index (κ2) is 12.3. The van der Waals surface area contributed by atoms with Crippen LogP contribution >= 0.6 is 0 Å². The van der Waals surface area contributed by atoms with Crippen LogP contribution in [0.25, 0.3) is 5.69 Å². The van der Waals surface area contributed by atoms with Crippen LogP contribution in [0.15, 0.2) is 90.1 Å². The molecular weight excluding hydrogens is 622 g/mol. The molecule has 2 aliphatic carbocycles. The van der Waals surface area contributed by atoms with Gasteiger partial charge in [0.1, 0.15) is 11.6 Å². The molecule has 0 N–H and O–H groups in total. The fourth-order valence-corrected chi connectivity index (χ4v) is 8.84. The van der Waals surface area contributed by atoms with Crippen molar-refractivity contribution in [3.05, 3.63) is 130 Å². The molecule has 3 aromatic carbocycles. The van der Waals surface area contributed by atoms with Gasteiger partial charge in [-0.3, -0.25) is 14.5 Å². The van der Waals surface area contributed by atoms with E-state index in [-0.39, 0.29) is 54.8 Å². The zero-order chi connectivity index (χ0) is 32.9. The molecule has 3 aliphatic rings. The van der Waals surface area contributed by atoms with Crippen molar-refractivity contribution in [2.24, 2.45) is 5.92 Å². The van der Waals surface area contributed by atoms with Gasteiger partial charge >= 0.3 is 0 Å². The van der Waals surface area contributed by atoms with Crippen molar-refractivity contribution >= 4 is 21.8 Å². The van der Waals surface area contributed by atoms with E-state index >= 15 is 0 Å². The van der Waals surface area contributed by atoms with Gasteiger partial charge in [-0.1, -0.05) is 48.4 Å². The van der Waals surface area contributed by atoms with Gasteiger partial charge in [0.05, 0.1) is 34.5 Å². The van der Waals surface area contributed by atoms with E-state index in [0.29, 0.717) is 12.0 Å². The summed E-state index contributed by atoms with van der Waals surface area (Å²) in [5.41, 5.74) is 6.32. The third-order valence-electron chi connectivity index (χ3n) is 9.79. The van der Waals surface area contributed by atoms with E-state index in [1.54, 1.807) is 54.6 Å². The minimum Gasteiger partial charge on any atom is -0.273 e. The van der Waals surface area contributed by atoms with E-state index in [0.717, 1.165) is 34.7 Å². The number of hydrogen-bond donors (Lipinski definition) is 0. The standard InChI is InChI=1S/C36H34F2N4O4S/c1-23-31-21-39-42(28-14-12-27(37)13-15-28)33(31)20-25-10-11-26(34(23)25)22-40(17-16-24-6-2-5-9-32(24)38)47(45,46)19-18-41-35(43)29-7-3-4-8-30(29)36(41)44/h2-9,12-15,21,23,26H,10-11,16-20,22H2,1H3/t23-,26+/m0/s1. The molecule has 7 rings (SSSR count). The molecule has 11 heteroatoms. The molecule has 47 heavy (non-hydrogen) atoms. The summed E-state index contributed by atoms with van der Waals surface area (Å²) in [5, 5.41) is 4.63. The van der Waals surface area contributed by atoms with E-state index in [1.807, 2.05) is 10.9 Å². The first-order valence-corrected chi connectivity index (χ1v) is 17.4. The van der Waals surface area contributed by atoms with Crippen LogP contribution in [0.2, 0.25) is 0 Å². The van der Waals surface area contributed by atoms with Crippen molar-refractivity contribution in [1.29, 1.82) is 0 Å². The maximum Gasteiger partial charge on any atom is 0.261 e. The molecule has 1 aliphatic heterocycles. The number of halogens is 2. The lowest BCUT2D eigenvalue weighted by Crippen LogP contribution is -2.42. The Labute approximate surface area is 272 Å². The van der Waals surface area contributed by atoms with Crippen LogP contribution in [0.5, 0.6) is 0 Å². The van der Waals surface area contributed by atoms with Crippen LogP contribution < -0.4 is 0 Å². The van der Waals surface area contributed by atoms with Crippen LogP contribution in [-0.2, 0) is 22.9 Å².